The Bertz CT molecular complexity index is 900. The van der Waals surface area contributed by atoms with E-state index in [4.69, 9.17) is 47.4 Å². The normalized spacial score (nSPS) is 23.8. The molecule has 2 fully saturated rings. The van der Waals surface area contributed by atoms with Crippen molar-refractivity contribution in [3.63, 3.8) is 0 Å². The Balaban J connectivity index is 1.81. The van der Waals surface area contributed by atoms with Gasteiger partial charge in [0.2, 0.25) is 11.2 Å². The summed E-state index contributed by atoms with van der Waals surface area (Å²) in [4.78, 5) is 49.7. The van der Waals surface area contributed by atoms with E-state index in [0.717, 1.165) is 0 Å². The van der Waals surface area contributed by atoms with Crippen LogP contribution in [0.1, 0.15) is 62.3 Å². The minimum absolute atomic E-state index is 0.00275. The average molecular weight is 593 g/mol. The van der Waals surface area contributed by atoms with Crippen LogP contribution in [0.15, 0.2) is 0 Å². The number of ether oxygens (including phenoxy) is 10. The summed E-state index contributed by atoms with van der Waals surface area (Å²) < 4.78 is 53.5. The monoisotopic (exact) mass is 592 g/mol. The van der Waals surface area contributed by atoms with Gasteiger partial charge in [0.15, 0.2) is 12.2 Å². The molecule has 0 aromatic rings. The molecule has 236 valence electrons. The zero-order valence-corrected chi connectivity index (χ0v) is 25.3. The molecule has 41 heavy (non-hydrogen) atoms. The van der Waals surface area contributed by atoms with E-state index in [1.165, 1.54) is 27.7 Å². The Morgan fingerprint density at radius 3 is 1.54 bits per heavy atom. The summed E-state index contributed by atoms with van der Waals surface area (Å²) >= 11 is 0. The van der Waals surface area contributed by atoms with Gasteiger partial charge < -0.3 is 47.4 Å². The van der Waals surface area contributed by atoms with E-state index in [-0.39, 0.29) is 44.7 Å². The lowest BCUT2D eigenvalue weighted by atomic mass is 10.1. The Kier molecular flexibility index (Phi) is 12.6. The zero-order valence-electron chi connectivity index (χ0n) is 25.3. The van der Waals surface area contributed by atoms with Crippen LogP contribution in [-0.4, -0.2) is 111 Å². The minimum atomic E-state index is -1.63. The molecule has 0 bridgehead atoms. The molecule has 2 saturated heterocycles. The van der Waals surface area contributed by atoms with Gasteiger partial charge in [-0.05, 0) is 62.3 Å². The first-order valence-corrected chi connectivity index (χ1v) is 13.7. The standard InChI is InChI=1S/C27H44O14/c1-10-32-16(4)11-35-22(28)26(6,7)40-24(30)38-18-13-33-21-19(14-34-20(18)21)39-25(31)41-27(8,9)23(29)36-12-17(5)37-15(2)3/h15-21H,10-14H2,1-9H3. The molecule has 0 aromatic heterocycles. The first-order valence-electron chi connectivity index (χ1n) is 13.7. The quantitative estimate of drug-likeness (QED) is 0.214. The summed E-state index contributed by atoms with van der Waals surface area (Å²) in [5.41, 5.74) is -3.25. The molecule has 2 heterocycles. The summed E-state index contributed by atoms with van der Waals surface area (Å²) in [5, 5.41) is 0. The fourth-order valence-corrected chi connectivity index (χ4v) is 4.00. The van der Waals surface area contributed by atoms with E-state index in [9.17, 15) is 19.2 Å². The van der Waals surface area contributed by atoms with E-state index in [1.807, 2.05) is 20.8 Å². The van der Waals surface area contributed by atoms with E-state index >= 15 is 0 Å². The van der Waals surface area contributed by atoms with Crippen molar-refractivity contribution < 1.29 is 66.5 Å². The van der Waals surface area contributed by atoms with Gasteiger partial charge in [-0.25, -0.2) is 19.2 Å². The van der Waals surface area contributed by atoms with Gasteiger partial charge in [0, 0.05) is 6.61 Å². The molecule has 14 nitrogen and oxygen atoms in total. The zero-order chi connectivity index (χ0) is 31.0. The highest BCUT2D eigenvalue weighted by atomic mass is 16.8. The molecule has 0 spiro atoms. The maximum absolute atomic E-state index is 12.5. The molecular weight excluding hydrogens is 548 g/mol. The van der Waals surface area contributed by atoms with Crippen molar-refractivity contribution in [2.75, 3.05) is 33.0 Å². The largest absolute Gasteiger partial charge is 0.509 e. The minimum Gasteiger partial charge on any atom is -0.460 e. The lowest BCUT2D eigenvalue weighted by Crippen LogP contribution is -2.42. The molecule has 6 unspecified atom stereocenters. The number of esters is 2. The van der Waals surface area contributed by atoms with Crippen LogP contribution >= 0.6 is 0 Å². The van der Waals surface area contributed by atoms with E-state index in [1.54, 1.807) is 13.8 Å². The number of fused-ring (bicyclic) bond motifs is 1. The lowest BCUT2D eigenvalue weighted by molar-refractivity contribution is -0.169. The third-order valence-electron chi connectivity index (χ3n) is 5.97. The van der Waals surface area contributed by atoms with E-state index < -0.39 is 59.9 Å². The highest BCUT2D eigenvalue weighted by molar-refractivity contribution is 5.81. The fraction of sp³-hybridized carbons (Fsp3) is 0.852. The maximum Gasteiger partial charge on any atom is 0.509 e. The molecule has 0 N–H and O–H groups in total. The van der Waals surface area contributed by atoms with Crippen molar-refractivity contribution in [3.8, 4) is 0 Å². The van der Waals surface area contributed by atoms with Crippen LogP contribution in [0.3, 0.4) is 0 Å². The summed E-state index contributed by atoms with van der Waals surface area (Å²) in [6.45, 7) is 14.8. The Morgan fingerprint density at radius 2 is 1.15 bits per heavy atom. The van der Waals surface area contributed by atoms with Crippen molar-refractivity contribution in [1.82, 2.24) is 0 Å². The summed E-state index contributed by atoms with van der Waals surface area (Å²) in [6.07, 6.45) is -6.24. The summed E-state index contributed by atoms with van der Waals surface area (Å²) in [6, 6.07) is 0. The number of rotatable bonds is 14. The smallest absolute Gasteiger partial charge is 0.460 e. The van der Waals surface area contributed by atoms with E-state index in [0.29, 0.717) is 6.61 Å². The van der Waals surface area contributed by atoms with Gasteiger partial charge in [-0.15, -0.1) is 0 Å². The Labute approximate surface area is 240 Å². The van der Waals surface area contributed by atoms with Crippen molar-refractivity contribution in [3.05, 3.63) is 0 Å². The molecule has 2 aliphatic heterocycles. The highest BCUT2D eigenvalue weighted by Crippen LogP contribution is 2.31. The van der Waals surface area contributed by atoms with Crippen molar-refractivity contribution in [2.24, 2.45) is 0 Å². The Morgan fingerprint density at radius 1 is 0.732 bits per heavy atom. The van der Waals surface area contributed by atoms with Crippen LogP contribution in [0.5, 0.6) is 0 Å². The van der Waals surface area contributed by atoms with Crippen molar-refractivity contribution in [2.45, 2.75) is 116 Å². The van der Waals surface area contributed by atoms with Crippen LogP contribution in [-0.2, 0) is 57.0 Å². The molecule has 2 rings (SSSR count). The second-order valence-corrected chi connectivity index (χ2v) is 11.1. The molecule has 0 aliphatic carbocycles. The second kappa shape index (κ2) is 15.0. The molecule has 0 saturated carbocycles. The van der Waals surface area contributed by atoms with Gasteiger partial charge in [-0.1, -0.05) is 0 Å². The van der Waals surface area contributed by atoms with Crippen LogP contribution in [0.4, 0.5) is 9.59 Å². The third-order valence-corrected chi connectivity index (χ3v) is 5.97. The number of hydrogen-bond acceptors (Lipinski definition) is 14. The van der Waals surface area contributed by atoms with Crippen LogP contribution < -0.4 is 0 Å². The first-order chi connectivity index (χ1) is 19.1. The molecule has 0 amide bonds. The predicted molar refractivity (Wildman–Crippen MR) is 139 cm³/mol. The molecule has 6 atom stereocenters. The summed E-state index contributed by atoms with van der Waals surface area (Å²) in [5.74, 6) is -1.54. The van der Waals surface area contributed by atoms with Crippen LogP contribution in [0.25, 0.3) is 0 Å². The van der Waals surface area contributed by atoms with Crippen LogP contribution in [0, 0.1) is 0 Å². The molecule has 2 aliphatic rings. The van der Waals surface area contributed by atoms with Gasteiger partial charge >= 0.3 is 24.2 Å². The van der Waals surface area contributed by atoms with Crippen molar-refractivity contribution >= 4 is 24.2 Å². The number of carbonyl (C=O) groups excluding carboxylic acids is 4. The molecular formula is C27H44O14. The van der Waals surface area contributed by atoms with E-state index in [2.05, 4.69) is 0 Å². The average Bonchev–Trinajstić information content (AvgIpc) is 3.43. The van der Waals surface area contributed by atoms with Gasteiger partial charge in [0.1, 0.15) is 25.4 Å². The molecule has 0 aromatic carbocycles. The maximum atomic E-state index is 12.5. The number of hydrogen-bond donors (Lipinski definition) is 0. The molecule has 14 heteroatoms. The topological polar surface area (TPSA) is 161 Å². The SMILES string of the molecule is CCOC(C)COC(=O)C(C)(C)OC(=O)OC1COC2C(OC(=O)OC(C)(C)C(=O)OCC(C)OC(C)C)COC12. The van der Waals surface area contributed by atoms with Crippen LogP contribution in [0.2, 0.25) is 0 Å². The van der Waals surface area contributed by atoms with Crippen molar-refractivity contribution in [1.29, 1.82) is 0 Å². The van der Waals surface area contributed by atoms with Gasteiger partial charge in [-0.3, -0.25) is 0 Å². The van der Waals surface area contributed by atoms with Gasteiger partial charge in [0.05, 0.1) is 31.5 Å². The van der Waals surface area contributed by atoms with Gasteiger partial charge in [0.25, 0.3) is 0 Å². The number of carbonyl (C=O) groups is 4. The predicted octanol–water partition coefficient (Wildman–Crippen LogP) is 2.71. The lowest BCUT2D eigenvalue weighted by Gasteiger charge is -2.25. The molecule has 0 radical (unpaired) electrons. The Hall–Kier alpha value is -2.68. The first kappa shape index (κ1) is 34.5. The highest BCUT2D eigenvalue weighted by Gasteiger charge is 2.52. The van der Waals surface area contributed by atoms with Gasteiger partial charge in [-0.2, -0.15) is 0 Å². The second-order valence-electron chi connectivity index (χ2n) is 11.1. The fourth-order valence-electron chi connectivity index (χ4n) is 4.00. The third kappa shape index (κ3) is 10.6. The summed E-state index contributed by atoms with van der Waals surface area (Å²) in [7, 11) is 0.